The van der Waals surface area contributed by atoms with Crippen molar-refractivity contribution in [3.8, 4) is 16.9 Å². The quantitative estimate of drug-likeness (QED) is 0.781. The molecule has 0 saturated carbocycles. The molecular weight excluding hydrogens is 212 g/mol. The van der Waals surface area contributed by atoms with Crippen molar-refractivity contribution in [1.82, 2.24) is 9.97 Å². The number of rotatable bonds is 2. The maximum absolute atomic E-state index is 5.97. The molecule has 0 aromatic carbocycles. The van der Waals surface area contributed by atoms with Crippen LogP contribution < -0.4 is 4.74 Å². The molecule has 0 radical (unpaired) electrons. The van der Waals surface area contributed by atoms with Crippen LogP contribution in [0.1, 0.15) is 0 Å². The van der Waals surface area contributed by atoms with Gasteiger partial charge in [-0.1, -0.05) is 17.7 Å². The van der Waals surface area contributed by atoms with Gasteiger partial charge in [-0.05, 0) is 6.07 Å². The van der Waals surface area contributed by atoms with E-state index in [-0.39, 0.29) is 0 Å². The molecule has 0 spiro atoms. The summed E-state index contributed by atoms with van der Waals surface area (Å²) in [5.41, 5.74) is 1.78. The first-order chi connectivity index (χ1) is 7.33. The van der Waals surface area contributed by atoms with E-state index in [1.807, 2.05) is 12.1 Å². The molecular formula is C11H9ClN2O. The molecule has 4 heteroatoms. The van der Waals surface area contributed by atoms with Gasteiger partial charge in [-0.3, -0.25) is 9.97 Å². The Balaban J connectivity index is 2.58. The third-order valence-corrected chi connectivity index (χ3v) is 2.30. The molecule has 2 rings (SSSR count). The Kier molecular flexibility index (Phi) is 2.83. The van der Waals surface area contributed by atoms with Crippen LogP contribution in [0.25, 0.3) is 11.1 Å². The highest BCUT2D eigenvalue weighted by Crippen LogP contribution is 2.34. The van der Waals surface area contributed by atoms with Crippen molar-refractivity contribution in [2.45, 2.75) is 0 Å². The van der Waals surface area contributed by atoms with Crippen LogP contribution in [0.4, 0.5) is 0 Å². The van der Waals surface area contributed by atoms with Crippen molar-refractivity contribution in [3.05, 3.63) is 41.9 Å². The summed E-state index contributed by atoms with van der Waals surface area (Å²) in [6.45, 7) is 0. The molecule has 0 saturated heterocycles. The standard InChI is InChI=1S/C11H9ClN2O/c1-15-11-9(6-14-7-10(11)12)8-3-2-4-13-5-8/h2-7H,1H3. The van der Waals surface area contributed by atoms with Gasteiger partial charge in [-0.15, -0.1) is 0 Å². The molecule has 15 heavy (non-hydrogen) atoms. The van der Waals surface area contributed by atoms with E-state index in [9.17, 15) is 0 Å². The second-order valence-electron chi connectivity index (χ2n) is 2.94. The van der Waals surface area contributed by atoms with Gasteiger partial charge in [-0.2, -0.15) is 0 Å². The number of pyridine rings is 2. The molecule has 3 nitrogen and oxygen atoms in total. The Morgan fingerprint density at radius 2 is 2.07 bits per heavy atom. The summed E-state index contributed by atoms with van der Waals surface area (Å²) < 4.78 is 5.23. The lowest BCUT2D eigenvalue weighted by Crippen LogP contribution is -1.90. The van der Waals surface area contributed by atoms with Gasteiger partial charge in [0.15, 0.2) is 0 Å². The highest BCUT2D eigenvalue weighted by molar-refractivity contribution is 6.32. The van der Waals surface area contributed by atoms with Crippen molar-refractivity contribution in [1.29, 1.82) is 0 Å². The first-order valence-corrected chi connectivity index (χ1v) is 4.78. The number of methoxy groups -OCH3 is 1. The molecule has 0 aliphatic carbocycles. The Labute approximate surface area is 92.7 Å². The van der Waals surface area contributed by atoms with Crippen LogP contribution in [0.3, 0.4) is 0 Å². The minimum atomic E-state index is 0.499. The zero-order chi connectivity index (χ0) is 10.7. The van der Waals surface area contributed by atoms with E-state index in [0.29, 0.717) is 10.8 Å². The largest absolute Gasteiger partial charge is 0.494 e. The van der Waals surface area contributed by atoms with Gasteiger partial charge in [0.25, 0.3) is 0 Å². The van der Waals surface area contributed by atoms with Crippen LogP contribution in [0.5, 0.6) is 5.75 Å². The number of halogens is 1. The fraction of sp³-hybridized carbons (Fsp3) is 0.0909. The van der Waals surface area contributed by atoms with Crippen LogP contribution in [0, 0.1) is 0 Å². The average molecular weight is 221 g/mol. The van der Waals surface area contributed by atoms with E-state index in [1.54, 1.807) is 31.9 Å². The molecule has 0 N–H and O–H groups in total. The molecule has 76 valence electrons. The monoisotopic (exact) mass is 220 g/mol. The fourth-order valence-electron chi connectivity index (χ4n) is 1.36. The van der Waals surface area contributed by atoms with Crippen molar-refractivity contribution in [2.75, 3.05) is 7.11 Å². The summed E-state index contributed by atoms with van der Waals surface area (Å²) in [5.74, 6) is 0.625. The molecule has 0 atom stereocenters. The number of nitrogens with zero attached hydrogens (tertiary/aromatic N) is 2. The normalized spacial score (nSPS) is 10.0. The van der Waals surface area contributed by atoms with Crippen LogP contribution in [-0.2, 0) is 0 Å². The molecule has 2 aromatic rings. The van der Waals surface area contributed by atoms with E-state index in [1.165, 1.54) is 0 Å². The summed E-state index contributed by atoms with van der Waals surface area (Å²) in [7, 11) is 1.58. The summed E-state index contributed by atoms with van der Waals surface area (Å²) in [6.07, 6.45) is 6.73. The van der Waals surface area contributed by atoms with Crippen LogP contribution in [0.15, 0.2) is 36.9 Å². The Morgan fingerprint density at radius 3 is 2.73 bits per heavy atom. The third kappa shape index (κ3) is 1.92. The summed E-state index contributed by atoms with van der Waals surface area (Å²) in [5, 5.41) is 0.499. The number of ether oxygens (including phenoxy) is 1. The zero-order valence-electron chi connectivity index (χ0n) is 8.14. The topological polar surface area (TPSA) is 35.0 Å². The Hall–Kier alpha value is -1.61. The van der Waals surface area contributed by atoms with Gasteiger partial charge in [0.1, 0.15) is 10.8 Å². The van der Waals surface area contributed by atoms with Gasteiger partial charge in [0.05, 0.1) is 7.11 Å². The smallest absolute Gasteiger partial charge is 0.148 e. The molecule has 2 heterocycles. The molecule has 0 amide bonds. The minimum Gasteiger partial charge on any atom is -0.494 e. The van der Waals surface area contributed by atoms with Crippen LogP contribution in [0.2, 0.25) is 5.02 Å². The SMILES string of the molecule is COc1c(Cl)cncc1-c1cccnc1. The van der Waals surface area contributed by atoms with E-state index < -0.39 is 0 Å². The Bertz CT molecular complexity index is 459. The lowest BCUT2D eigenvalue weighted by atomic mass is 10.1. The average Bonchev–Trinajstić information content (AvgIpc) is 2.30. The van der Waals surface area contributed by atoms with Crippen molar-refractivity contribution >= 4 is 11.6 Å². The minimum absolute atomic E-state index is 0.499. The molecule has 0 unspecified atom stereocenters. The van der Waals surface area contributed by atoms with E-state index >= 15 is 0 Å². The lowest BCUT2D eigenvalue weighted by Gasteiger charge is -2.08. The fourth-order valence-corrected chi connectivity index (χ4v) is 1.59. The summed E-state index contributed by atoms with van der Waals surface area (Å²) in [6, 6.07) is 3.79. The van der Waals surface area contributed by atoms with Gasteiger partial charge >= 0.3 is 0 Å². The van der Waals surface area contributed by atoms with Crippen molar-refractivity contribution < 1.29 is 4.74 Å². The maximum atomic E-state index is 5.97. The van der Waals surface area contributed by atoms with Gasteiger partial charge in [0, 0.05) is 35.9 Å². The number of hydrogen-bond acceptors (Lipinski definition) is 3. The molecule has 0 aliphatic heterocycles. The highest BCUT2D eigenvalue weighted by atomic mass is 35.5. The molecule has 0 bridgehead atoms. The predicted octanol–water partition coefficient (Wildman–Crippen LogP) is 2.81. The molecule has 0 aliphatic rings. The first-order valence-electron chi connectivity index (χ1n) is 4.41. The summed E-state index contributed by atoms with van der Waals surface area (Å²) >= 11 is 5.97. The first kappa shape index (κ1) is 9.93. The van der Waals surface area contributed by atoms with Crippen molar-refractivity contribution in [3.63, 3.8) is 0 Å². The van der Waals surface area contributed by atoms with Crippen LogP contribution in [-0.4, -0.2) is 17.1 Å². The Morgan fingerprint density at radius 1 is 1.20 bits per heavy atom. The highest BCUT2D eigenvalue weighted by Gasteiger charge is 2.09. The van der Waals surface area contributed by atoms with E-state index in [4.69, 9.17) is 16.3 Å². The van der Waals surface area contributed by atoms with Gasteiger partial charge in [-0.25, -0.2) is 0 Å². The molecule has 2 aromatic heterocycles. The maximum Gasteiger partial charge on any atom is 0.148 e. The predicted molar refractivity (Wildman–Crippen MR) is 59.0 cm³/mol. The van der Waals surface area contributed by atoms with Gasteiger partial charge in [0.2, 0.25) is 0 Å². The van der Waals surface area contributed by atoms with E-state index in [0.717, 1.165) is 11.1 Å². The zero-order valence-corrected chi connectivity index (χ0v) is 8.90. The second-order valence-corrected chi connectivity index (χ2v) is 3.35. The van der Waals surface area contributed by atoms with E-state index in [2.05, 4.69) is 9.97 Å². The molecule has 0 fully saturated rings. The third-order valence-electron chi connectivity index (χ3n) is 2.03. The second kappa shape index (κ2) is 4.28. The van der Waals surface area contributed by atoms with Crippen LogP contribution >= 0.6 is 11.6 Å². The van der Waals surface area contributed by atoms with Gasteiger partial charge < -0.3 is 4.74 Å². The lowest BCUT2D eigenvalue weighted by molar-refractivity contribution is 0.416. The number of aromatic nitrogens is 2. The van der Waals surface area contributed by atoms with Crippen molar-refractivity contribution in [2.24, 2.45) is 0 Å². The number of hydrogen-bond donors (Lipinski definition) is 0. The summed E-state index contributed by atoms with van der Waals surface area (Å²) in [4.78, 5) is 8.07.